The van der Waals surface area contributed by atoms with E-state index in [2.05, 4.69) is 27.2 Å². The third kappa shape index (κ3) is 4.18. The lowest BCUT2D eigenvalue weighted by Gasteiger charge is -2.33. The molecule has 3 aliphatic rings. The van der Waals surface area contributed by atoms with Crippen molar-refractivity contribution >= 4 is 38.0 Å². The smallest absolute Gasteiger partial charge is 0.212 e. The molecule has 1 unspecified atom stereocenters. The summed E-state index contributed by atoms with van der Waals surface area (Å²) in [6, 6.07) is 0. The molecule has 10 nitrogen and oxygen atoms in total. The zero-order chi connectivity index (χ0) is 19.6. The summed E-state index contributed by atoms with van der Waals surface area (Å²) in [5, 5.41) is 32.9. The van der Waals surface area contributed by atoms with Gasteiger partial charge in [-0.3, -0.25) is 16.0 Å². The first-order valence-corrected chi connectivity index (χ1v) is 10.3. The van der Waals surface area contributed by atoms with Crippen molar-refractivity contribution < 1.29 is 20.1 Å². The maximum Gasteiger partial charge on any atom is 0.212 e. The largest absolute Gasteiger partial charge is 0.394 e. The molecular weight excluding hydrogens is 467 g/mol. The Morgan fingerprint density at radius 1 is 1.33 bits per heavy atom. The van der Waals surface area contributed by atoms with E-state index in [9.17, 15) is 15.3 Å². The van der Waals surface area contributed by atoms with Gasteiger partial charge in [0.05, 0.1) is 6.61 Å². The number of unbranched alkanes of at least 4 members (excludes halogenated alkanes) is 3. The van der Waals surface area contributed by atoms with Crippen LogP contribution in [-0.2, 0) is 4.74 Å². The van der Waals surface area contributed by atoms with Crippen molar-refractivity contribution in [1.29, 1.82) is 0 Å². The molecule has 0 aliphatic carbocycles. The first-order valence-electron chi connectivity index (χ1n) is 9.23. The second-order valence-corrected chi connectivity index (χ2v) is 7.88. The lowest BCUT2D eigenvalue weighted by atomic mass is 10.1. The highest BCUT2D eigenvalue weighted by atomic mass is 127. The Balaban J connectivity index is 1.72. The zero-order valence-corrected chi connectivity index (χ0v) is 17.4. The van der Waals surface area contributed by atoms with Crippen molar-refractivity contribution in [3.8, 4) is 0 Å². The third-order valence-corrected chi connectivity index (χ3v) is 5.42. The van der Waals surface area contributed by atoms with Crippen LogP contribution < -0.4 is 11.1 Å². The topological polar surface area (TPSA) is 148 Å². The number of hydrogen-bond acceptors (Lipinski definition) is 10. The van der Waals surface area contributed by atoms with E-state index >= 15 is 0 Å². The van der Waals surface area contributed by atoms with E-state index in [-0.39, 0.29) is 13.3 Å². The minimum absolute atomic E-state index is 0.177. The molecule has 5 atom stereocenters. The minimum Gasteiger partial charge on any atom is -0.394 e. The molecule has 3 heterocycles. The molecular formula is C16H27IN6O4. The maximum atomic E-state index is 10.3. The van der Waals surface area contributed by atoms with Crippen molar-refractivity contribution in [3.05, 3.63) is 0 Å². The van der Waals surface area contributed by atoms with Gasteiger partial charge in [-0.05, 0) is 13.0 Å². The molecule has 3 aliphatic heterocycles. The number of fused-ring (bicyclic) bond motifs is 1. The van der Waals surface area contributed by atoms with E-state index < -0.39 is 30.3 Å². The Hall–Kier alpha value is -0.700. The van der Waals surface area contributed by atoms with Crippen molar-refractivity contribution in [3.63, 3.8) is 0 Å². The SMILES string of the molecule is CCCCCCNC1(N)N=C(I)N=C2C1=NCN2[C@@H]1O[C@H](CO)[C@@H](O)[C@H]1O. The molecule has 0 aromatic rings. The van der Waals surface area contributed by atoms with Crippen LogP contribution in [0.4, 0.5) is 0 Å². The van der Waals surface area contributed by atoms with Gasteiger partial charge in [-0.2, -0.15) is 0 Å². The van der Waals surface area contributed by atoms with E-state index in [0.717, 1.165) is 19.3 Å². The summed E-state index contributed by atoms with van der Waals surface area (Å²) >= 11 is 1.99. The normalized spacial score (nSPS) is 35.8. The summed E-state index contributed by atoms with van der Waals surface area (Å²) in [6.07, 6.45) is 0.336. The van der Waals surface area contributed by atoms with E-state index in [1.165, 1.54) is 6.42 Å². The number of nitrogens with zero attached hydrogens (tertiary/aromatic N) is 4. The molecule has 0 saturated carbocycles. The van der Waals surface area contributed by atoms with Gasteiger partial charge in [-0.15, -0.1) is 0 Å². The highest BCUT2D eigenvalue weighted by Crippen LogP contribution is 2.29. The number of ether oxygens (including phenoxy) is 1. The number of nitrogens with two attached hydrogens (primary N) is 1. The molecule has 27 heavy (non-hydrogen) atoms. The fourth-order valence-corrected chi connectivity index (χ4v) is 4.04. The first kappa shape index (κ1) is 21.0. The number of aliphatic hydroxyl groups excluding tert-OH is 3. The minimum atomic E-state index is -1.19. The van der Waals surface area contributed by atoms with Gasteiger partial charge < -0.3 is 25.0 Å². The van der Waals surface area contributed by atoms with Gasteiger partial charge in [-0.25, -0.2) is 9.98 Å². The Morgan fingerprint density at radius 3 is 2.78 bits per heavy atom. The molecule has 152 valence electrons. The second kappa shape index (κ2) is 8.76. The molecule has 3 rings (SSSR count). The molecule has 1 saturated heterocycles. The molecule has 6 N–H and O–H groups in total. The Labute approximate surface area is 171 Å². The maximum absolute atomic E-state index is 10.3. The highest BCUT2D eigenvalue weighted by molar-refractivity contribution is 14.1. The van der Waals surface area contributed by atoms with Crippen molar-refractivity contribution in [1.82, 2.24) is 10.2 Å². The lowest BCUT2D eigenvalue weighted by Crippen LogP contribution is -2.63. The summed E-state index contributed by atoms with van der Waals surface area (Å²) in [5.74, 6) is -0.722. The fraction of sp³-hybridized carbons (Fsp3) is 0.812. The summed E-state index contributed by atoms with van der Waals surface area (Å²) in [6.45, 7) is 2.65. The monoisotopic (exact) mass is 494 g/mol. The van der Waals surface area contributed by atoms with E-state index in [0.29, 0.717) is 21.9 Å². The number of rotatable bonds is 8. The van der Waals surface area contributed by atoms with Gasteiger partial charge in [-0.1, -0.05) is 26.2 Å². The van der Waals surface area contributed by atoms with Crippen molar-refractivity contribution in [2.75, 3.05) is 19.8 Å². The molecule has 0 amide bonds. The number of aliphatic imine (C=N–C) groups is 3. The molecule has 1 fully saturated rings. The number of nitrogens with one attached hydrogen (secondary N) is 1. The van der Waals surface area contributed by atoms with Crippen LogP contribution in [0.1, 0.15) is 32.6 Å². The van der Waals surface area contributed by atoms with Crippen LogP contribution in [0.15, 0.2) is 15.0 Å². The molecule has 0 spiro atoms. The van der Waals surface area contributed by atoms with Crippen LogP contribution in [0.25, 0.3) is 0 Å². The van der Waals surface area contributed by atoms with Gasteiger partial charge in [0.25, 0.3) is 0 Å². The summed E-state index contributed by atoms with van der Waals surface area (Å²) < 4.78 is 6.08. The standard InChI is InChI=1S/C16H27IN6O4/c1-2-3-4-5-6-20-16(18)12-13(21-15(17)22-16)23(8-19-12)14-11(26)10(25)9(7-24)27-14/h9-11,14,20,24-26H,2-8,18H2,1H3/t9-,10-,11-,14-,16?/m1/s1. The van der Waals surface area contributed by atoms with Gasteiger partial charge >= 0.3 is 0 Å². The fourth-order valence-electron chi connectivity index (χ4n) is 3.43. The van der Waals surface area contributed by atoms with Gasteiger partial charge in [0.2, 0.25) is 5.79 Å². The average Bonchev–Trinajstić information content (AvgIpc) is 3.17. The van der Waals surface area contributed by atoms with Crippen molar-refractivity contribution in [2.45, 2.75) is 62.9 Å². The highest BCUT2D eigenvalue weighted by Gasteiger charge is 2.51. The summed E-state index contributed by atoms with van der Waals surface area (Å²) in [7, 11) is 0. The summed E-state index contributed by atoms with van der Waals surface area (Å²) in [5.41, 5.74) is 6.97. The molecule has 0 bridgehead atoms. The van der Waals surface area contributed by atoms with Crippen LogP contribution >= 0.6 is 22.6 Å². The van der Waals surface area contributed by atoms with Gasteiger partial charge in [0.1, 0.15) is 30.7 Å². The van der Waals surface area contributed by atoms with E-state index in [1.807, 2.05) is 22.6 Å². The predicted octanol–water partition coefficient (Wildman–Crippen LogP) is -0.875. The average molecular weight is 494 g/mol. The van der Waals surface area contributed by atoms with E-state index in [4.69, 9.17) is 10.5 Å². The first-order chi connectivity index (χ1) is 12.9. The second-order valence-electron chi connectivity index (χ2n) is 6.92. The van der Waals surface area contributed by atoms with Crippen LogP contribution in [-0.4, -0.2) is 85.8 Å². The molecule has 11 heteroatoms. The predicted molar refractivity (Wildman–Crippen MR) is 110 cm³/mol. The molecule has 0 aromatic carbocycles. The number of halogens is 1. The third-order valence-electron chi connectivity index (χ3n) is 4.94. The Morgan fingerprint density at radius 2 is 2.11 bits per heavy atom. The van der Waals surface area contributed by atoms with Gasteiger partial charge in [0, 0.05) is 22.6 Å². The number of hydrogen-bond donors (Lipinski definition) is 5. The van der Waals surface area contributed by atoms with E-state index in [1.54, 1.807) is 4.90 Å². The van der Waals surface area contributed by atoms with Crippen LogP contribution in [0.2, 0.25) is 0 Å². The van der Waals surface area contributed by atoms with Crippen molar-refractivity contribution in [2.24, 2.45) is 20.7 Å². The van der Waals surface area contributed by atoms with Crippen LogP contribution in [0, 0.1) is 0 Å². The molecule has 0 aromatic heterocycles. The Kier molecular flexibility index (Phi) is 6.82. The lowest BCUT2D eigenvalue weighted by molar-refractivity contribution is -0.0688. The number of aliphatic hydroxyl groups is 3. The van der Waals surface area contributed by atoms with Crippen LogP contribution in [0.5, 0.6) is 0 Å². The zero-order valence-electron chi connectivity index (χ0n) is 15.3. The van der Waals surface area contributed by atoms with Gasteiger partial charge in [0.15, 0.2) is 15.9 Å². The molecule has 0 radical (unpaired) electrons. The number of amidine groups is 2. The Bertz CT molecular complexity index is 644. The van der Waals surface area contributed by atoms with Crippen LogP contribution in [0.3, 0.4) is 0 Å². The quantitative estimate of drug-likeness (QED) is 0.127. The summed E-state index contributed by atoms with van der Waals surface area (Å²) in [4.78, 5) is 15.0.